The number of ether oxygens (including phenoxy) is 1. The summed E-state index contributed by atoms with van der Waals surface area (Å²) in [6.45, 7) is 0. The predicted molar refractivity (Wildman–Crippen MR) is 78.0 cm³/mol. The van der Waals surface area contributed by atoms with Crippen LogP contribution in [0.15, 0.2) is 42.9 Å². The number of hydrogen-bond donors (Lipinski definition) is 0. The minimum Gasteiger partial charge on any atom is -0.481 e. The number of ketones is 1. The lowest BCUT2D eigenvalue weighted by Crippen LogP contribution is -2.02. The van der Waals surface area contributed by atoms with Crippen LogP contribution in [0.4, 0.5) is 0 Å². The van der Waals surface area contributed by atoms with E-state index in [0.29, 0.717) is 11.6 Å². The van der Waals surface area contributed by atoms with Gasteiger partial charge in [-0.3, -0.25) is 4.79 Å². The Kier molecular flexibility index (Phi) is 2.33. The van der Waals surface area contributed by atoms with Crippen molar-refractivity contribution in [2.45, 2.75) is 0 Å². The second-order valence-corrected chi connectivity index (χ2v) is 5.03. The summed E-state index contributed by atoms with van der Waals surface area (Å²) < 4.78 is 8.91. The second kappa shape index (κ2) is 4.09. The van der Waals surface area contributed by atoms with Gasteiger partial charge in [0.2, 0.25) is 11.7 Å². The minimum atomic E-state index is 0.0604. The number of aromatic nitrogens is 3. The molecule has 0 unspecified atom stereocenters. The molecule has 1 aliphatic heterocycles. The SMILES string of the molecule is COc1ccc(-c2cn(C)c3c2-n2cccc2C3=O)cn1. The minimum absolute atomic E-state index is 0.0604. The Balaban J connectivity index is 1.95. The van der Waals surface area contributed by atoms with Crippen molar-refractivity contribution in [1.82, 2.24) is 14.1 Å². The molecule has 4 rings (SSSR count). The van der Waals surface area contributed by atoms with Gasteiger partial charge in [0.25, 0.3) is 0 Å². The van der Waals surface area contributed by atoms with E-state index in [9.17, 15) is 4.79 Å². The van der Waals surface area contributed by atoms with Gasteiger partial charge in [-0.2, -0.15) is 0 Å². The van der Waals surface area contributed by atoms with E-state index in [1.54, 1.807) is 13.3 Å². The van der Waals surface area contributed by atoms with Crippen LogP contribution in [0, 0.1) is 0 Å². The molecule has 5 nitrogen and oxygen atoms in total. The Hall–Kier alpha value is -2.82. The number of rotatable bonds is 2. The zero-order valence-corrected chi connectivity index (χ0v) is 11.7. The van der Waals surface area contributed by atoms with Gasteiger partial charge in [-0.15, -0.1) is 0 Å². The fourth-order valence-electron chi connectivity index (χ4n) is 2.88. The van der Waals surface area contributed by atoms with Crippen LogP contribution in [0.5, 0.6) is 5.88 Å². The largest absolute Gasteiger partial charge is 0.481 e. The Labute approximate surface area is 121 Å². The van der Waals surface area contributed by atoms with E-state index in [0.717, 1.165) is 22.5 Å². The van der Waals surface area contributed by atoms with Gasteiger partial charge in [0.15, 0.2) is 0 Å². The van der Waals surface area contributed by atoms with E-state index in [1.807, 2.05) is 52.8 Å². The smallest absolute Gasteiger partial charge is 0.228 e. The average molecular weight is 279 g/mol. The van der Waals surface area contributed by atoms with Crippen LogP contribution >= 0.6 is 0 Å². The Bertz CT molecular complexity index is 856. The van der Waals surface area contributed by atoms with Crippen LogP contribution in [-0.2, 0) is 7.05 Å². The van der Waals surface area contributed by atoms with Gasteiger partial charge in [-0.1, -0.05) is 0 Å². The lowest BCUT2D eigenvalue weighted by atomic mass is 10.1. The first-order chi connectivity index (χ1) is 10.2. The van der Waals surface area contributed by atoms with Gasteiger partial charge in [-0.25, -0.2) is 4.98 Å². The van der Waals surface area contributed by atoms with E-state index in [2.05, 4.69) is 4.98 Å². The number of carbonyl (C=O) groups excluding carboxylic acids is 1. The van der Waals surface area contributed by atoms with E-state index >= 15 is 0 Å². The summed E-state index contributed by atoms with van der Waals surface area (Å²) in [7, 11) is 3.48. The lowest BCUT2D eigenvalue weighted by molar-refractivity contribution is 0.103. The van der Waals surface area contributed by atoms with Crippen molar-refractivity contribution in [3.8, 4) is 22.7 Å². The average Bonchev–Trinajstić information content (AvgIpc) is 3.16. The molecule has 0 fully saturated rings. The molecule has 3 aromatic rings. The van der Waals surface area contributed by atoms with Gasteiger partial charge in [0.05, 0.1) is 18.5 Å². The maximum Gasteiger partial charge on any atom is 0.228 e. The van der Waals surface area contributed by atoms with E-state index in [4.69, 9.17) is 4.74 Å². The van der Waals surface area contributed by atoms with Gasteiger partial charge in [0, 0.05) is 42.8 Å². The number of methoxy groups -OCH3 is 1. The zero-order valence-electron chi connectivity index (χ0n) is 11.7. The summed E-state index contributed by atoms with van der Waals surface area (Å²) in [5.74, 6) is 0.634. The van der Waals surface area contributed by atoms with Crippen molar-refractivity contribution < 1.29 is 9.53 Å². The first kappa shape index (κ1) is 12.0. The summed E-state index contributed by atoms with van der Waals surface area (Å²) in [6.07, 6.45) is 5.65. The maximum absolute atomic E-state index is 12.4. The molecule has 1 aliphatic rings. The van der Waals surface area contributed by atoms with Gasteiger partial charge in [-0.05, 0) is 18.2 Å². The Morgan fingerprint density at radius 1 is 1.24 bits per heavy atom. The number of fused-ring (bicyclic) bond motifs is 3. The summed E-state index contributed by atoms with van der Waals surface area (Å²) in [4.78, 5) is 16.7. The van der Waals surface area contributed by atoms with E-state index in [1.165, 1.54) is 0 Å². The molecule has 0 spiro atoms. The first-order valence-electron chi connectivity index (χ1n) is 6.63. The van der Waals surface area contributed by atoms with E-state index < -0.39 is 0 Å². The number of hydrogen-bond acceptors (Lipinski definition) is 3. The molecule has 5 heteroatoms. The number of nitrogens with zero attached hydrogens (tertiary/aromatic N) is 3. The van der Waals surface area contributed by atoms with Gasteiger partial charge >= 0.3 is 0 Å². The molecule has 0 atom stereocenters. The Morgan fingerprint density at radius 3 is 2.81 bits per heavy atom. The van der Waals surface area contributed by atoms with Crippen molar-refractivity contribution in [3.63, 3.8) is 0 Å². The van der Waals surface area contributed by atoms with Crippen LogP contribution in [0.1, 0.15) is 16.2 Å². The van der Waals surface area contributed by atoms with Crippen molar-refractivity contribution in [1.29, 1.82) is 0 Å². The van der Waals surface area contributed by atoms with Crippen LogP contribution in [0.2, 0.25) is 0 Å². The van der Waals surface area contributed by atoms with Crippen LogP contribution < -0.4 is 4.74 Å². The summed E-state index contributed by atoms with van der Waals surface area (Å²) in [5, 5.41) is 0. The van der Waals surface area contributed by atoms with Gasteiger partial charge < -0.3 is 13.9 Å². The molecule has 4 heterocycles. The molecular formula is C16H13N3O2. The molecule has 0 aromatic carbocycles. The van der Waals surface area contributed by atoms with Crippen LogP contribution in [-0.4, -0.2) is 27.0 Å². The third-order valence-electron chi connectivity index (χ3n) is 3.85. The fourth-order valence-corrected chi connectivity index (χ4v) is 2.88. The van der Waals surface area contributed by atoms with Crippen molar-refractivity contribution in [3.05, 3.63) is 54.2 Å². The van der Waals surface area contributed by atoms with Crippen LogP contribution in [0.3, 0.4) is 0 Å². The highest BCUT2D eigenvalue weighted by Crippen LogP contribution is 2.37. The molecule has 0 saturated heterocycles. The highest BCUT2D eigenvalue weighted by atomic mass is 16.5. The summed E-state index contributed by atoms with van der Waals surface area (Å²) >= 11 is 0. The fraction of sp³-hybridized carbons (Fsp3) is 0.125. The monoisotopic (exact) mass is 279 g/mol. The maximum atomic E-state index is 12.4. The molecule has 0 radical (unpaired) electrons. The highest BCUT2D eigenvalue weighted by molar-refractivity contribution is 6.14. The molecule has 0 saturated carbocycles. The van der Waals surface area contributed by atoms with Gasteiger partial charge in [0.1, 0.15) is 5.69 Å². The second-order valence-electron chi connectivity index (χ2n) is 5.03. The highest BCUT2D eigenvalue weighted by Gasteiger charge is 2.32. The first-order valence-corrected chi connectivity index (χ1v) is 6.63. The van der Waals surface area contributed by atoms with Crippen molar-refractivity contribution >= 4 is 5.78 Å². The van der Waals surface area contributed by atoms with E-state index in [-0.39, 0.29) is 5.78 Å². The van der Waals surface area contributed by atoms with Crippen molar-refractivity contribution in [2.24, 2.45) is 7.05 Å². The molecule has 3 aromatic heterocycles. The number of carbonyl (C=O) groups is 1. The van der Waals surface area contributed by atoms with Crippen LogP contribution in [0.25, 0.3) is 16.8 Å². The normalized spacial score (nSPS) is 12.4. The summed E-state index contributed by atoms with van der Waals surface area (Å²) in [6, 6.07) is 7.51. The molecular weight excluding hydrogens is 266 g/mol. The van der Waals surface area contributed by atoms with Crippen molar-refractivity contribution in [2.75, 3.05) is 7.11 Å². The standard InChI is InChI=1S/C16H13N3O2/c1-18-9-11(10-5-6-13(21-2)17-8-10)14-15(18)16(20)12-4-3-7-19(12)14/h3-9H,1-2H3. The molecule has 104 valence electrons. The summed E-state index contributed by atoms with van der Waals surface area (Å²) in [5.41, 5.74) is 4.30. The zero-order chi connectivity index (χ0) is 14.6. The lowest BCUT2D eigenvalue weighted by Gasteiger charge is -2.05. The third-order valence-corrected chi connectivity index (χ3v) is 3.85. The predicted octanol–water partition coefficient (Wildman–Crippen LogP) is 2.43. The molecule has 0 amide bonds. The third kappa shape index (κ3) is 1.51. The molecule has 21 heavy (non-hydrogen) atoms. The Morgan fingerprint density at radius 2 is 2.10 bits per heavy atom. The quantitative estimate of drug-likeness (QED) is 0.566. The topological polar surface area (TPSA) is 49.0 Å². The molecule has 0 aliphatic carbocycles. The molecule has 0 bridgehead atoms. The number of aryl methyl sites for hydroxylation is 1. The molecule has 0 N–H and O–H groups in total. The number of pyridine rings is 1.